The summed E-state index contributed by atoms with van der Waals surface area (Å²) < 4.78 is 5.64. The van der Waals surface area contributed by atoms with E-state index >= 15 is 0 Å². The van der Waals surface area contributed by atoms with Gasteiger partial charge < -0.3 is 20.9 Å². The van der Waals surface area contributed by atoms with Crippen LogP contribution in [0.5, 0.6) is 0 Å². The van der Waals surface area contributed by atoms with Gasteiger partial charge in [-0.3, -0.25) is 0 Å². The van der Waals surface area contributed by atoms with Crippen LogP contribution in [0.1, 0.15) is 37.0 Å². The van der Waals surface area contributed by atoms with Crippen molar-refractivity contribution in [1.82, 2.24) is 4.98 Å². The van der Waals surface area contributed by atoms with Crippen molar-refractivity contribution in [1.29, 1.82) is 0 Å². The standard InChI is InChI=1S/C13H19N3O3/c1-13(2)6-9(3-4-19-13)16-11-10(14)5-8(7-15-11)12(17)18/h5,7,9H,3-4,6,14H2,1-2H3,(H,15,16)(H,17,18). The molecule has 1 unspecified atom stereocenters. The number of aromatic carboxylic acids is 1. The fourth-order valence-corrected chi connectivity index (χ4v) is 2.27. The maximum Gasteiger partial charge on any atom is 0.337 e. The van der Waals surface area contributed by atoms with E-state index in [0.29, 0.717) is 18.1 Å². The number of ether oxygens (including phenoxy) is 1. The van der Waals surface area contributed by atoms with Gasteiger partial charge in [0, 0.05) is 18.8 Å². The Balaban J connectivity index is 2.09. The second-order valence-electron chi connectivity index (χ2n) is 5.41. The summed E-state index contributed by atoms with van der Waals surface area (Å²) in [7, 11) is 0. The molecular formula is C13H19N3O3. The SMILES string of the molecule is CC1(C)CC(Nc2ncc(C(=O)O)cc2N)CCO1. The highest BCUT2D eigenvalue weighted by Crippen LogP contribution is 2.27. The van der Waals surface area contributed by atoms with Crippen molar-refractivity contribution in [2.45, 2.75) is 38.3 Å². The van der Waals surface area contributed by atoms with E-state index in [4.69, 9.17) is 15.6 Å². The quantitative estimate of drug-likeness (QED) is 0.770. The average Bonchev–Trinajstić information content (AvgIpc) is 2.30. The molecule has 1 aromatic heterocycles. The Morgan fingerprint density at radius 2 is 2.37 bits per heavy atom. The third-order valence-corrected chi connectivity index (χ3v) is 3.20. The lowest BCUT2D eigenvalue weighted by molar-refractivity contribution is -0.0553. The number of nitrogens with zero attached hydrogens (tertiary/aromatic N) is 1. The van der Waals surface area contributed by atoms with E-state index in [1.807, 2.05) is 13.8 Å². The van der Waals surface area contributed by atoms with E-state index in [1.165, 1.54) is 12.3 Å². The molecule has 1 aromatic rings. The maximum atomic E-state index is 10.8. The Labute approximate surface area is 112 Å². The zero-order valence-electron chi connectivity index (χ0n) is 11.1. The van der Waals surface area contributed by atoms with Crippen LogP contribution in [0.15, 0.2) is 12.3 Å². The van der Waals surface area contributed by atoms with Gasteiger partial charge in [0.25, 0.3) is 0 Å². The van der Waals surface area contributed by atoms with Gasteiger partial charge in [0.05, 0.1) is 16.9 Å². The summed E-state index contributed by atoms with van der Waals surface area (Å²) in [4.78, 5) is 14.9. The predicted molar refractivity (Wildman–Crippen MR) is 72.3 cm³/mol. The van der Waals surface area contributed by atoms with Gasteiger partial charge in [0.2, 0.25) is 0 Å². The predicted octanol–water partition coefficient (Wildman–Crippen LogP) is 1.73. The van der Waals surface area contributed by atoms with Crippen LogP contribution in [-0.4, -0.2) is 34.3 Å². The fourth-order valence-electron chi connectivity index (χ4n) is 2.27. The molecule has 1 fully saturated rings. The van der Waals surface area contributed by atoms with Crippen LogP contribution in [0.3, 0.4) is 0 Å². The molecule has 0 radical (unpaired) electrons. The number of hydrogen-bond donors (Lipinski definition) is 3. The lowest BCUT2D eigenvalue weighted by Gasteiger charge is -2.36. The Morgan fingerprint density at radius 1 is 1.63 bits per heavy atom. The number of nitrogen functional groups attached to an aromatic ring is 1. The molecule has 1 aliphatic heterocycles. The molecule has 2 rings (SSSR count). The molecule has 0 bridgehead atoms. The molecule has 104 valence electrons. The molecule has 0 amide bonds. The van der Waals surface area contributed by atoms with E-state index in [0.717, 1.165) is 12.8 Å². The van der Waals surface area contributed by atoms with Crippen LogP contribution in [0.4, 0.5) is 11.5 Å². The van der Waals surface area contributed by atoms with Crippen molar-refractivity contribution in [2.75, 3.05) is 17.7 Å². The summed E-state index contributed by atoms with van der Waals surface area (Å²) in [5.74, 6) is -0.495. The number of nitrogens with one attached hydrogen (secondary N) is 1. The molecule has 0 saturated carbocycles. The number of pyridine rings is 1. The lowest BCUT2D eigenvalue weighted by atomic mass is 9.94. The smallest absolute Gasteiger partial charge is 0.337 e. The summed E-state index contributed by atoms with van der Waals surface area (Å²) in [6.45, 7) is 4.79. The van der Waals surface area contributed by atoms with Crippen LogP contribution < -0.4 is 11.1 Å². The van der Waals surface area contributed by atoms with Crippen molar-refractivity contribution in [3.63, 3.8) is 0 Å². The molecule has 1 saturated heterocycles. The molecule has 0 aromatic carbocycles. The molecule has 1 atom stereocenters. The molecule has 0 spiro atoms. The van der Waals surface area contributed by atoms with Crippen molar-refractivity contribution >= 4 is 17.5 Å². The summed E-state index contributed by atoms with van der Waals surface area (Å²) in [5.41, 5.74) is 6.11. The second kappa shape index (κ2) is 5.05. The minimum absolute atomic E-state index is 0.0929. The largest absolute Gasteiger partial charge is 0.478 e. The molecule has 19 heavy (non-hydrogen) atoms. The minimum Gasteiger partial charge on any atom is -0.478 e. The monoisotopic (exact) mass is 265 g/mol. The van der Waals surface area contributed by atoms with Crippen molar-refractivity contribution < 1.29 is 14.6 Å². The van der Waals surface area contributed by atoms with Gasteiger partial charge in [-0.05, 0) is 32.8 Å². The molecule has 4 N–H and O–H groups in total. The van der Waals surface area contributed by atoms with Crippen LogP contribution in [0.25, 0.3) is 0 Å². The Morgan fingerprint density at radius 3 is 2.95 bits per heavy atom. The number of aromatic nitrogens is 1. The molecule has 2 heterocycles. The first kappa shape index (κ1) is 13.6. The lowest BCUT2D eigenvalue weighted by Crippen LogP contribution is -2.40. The Bertz CT molecular complexity index is 488. The maximum absolute atomic E-state index is 10.8. The van der Waals surface area contributed by atoms with E-state index in [1.54, 1.807) is 0 Å². The summed E-state index contributed by atoms with van der Waals surface area (Å²) in [6, 6.07) is 1.65. The van der Waals surface area contributed by atoms with E-state index in [-0.39, 0.29) is 17.2 Å². The first-order chi connectivity index (χ1) is 8.87. The van der Waals surface area contributed by atoms with E-state index < -0.39 is 5.97 Å². The molecule has 6 heteroatoms. The second-order valence-corrected chi connectivity index (χ2v) is 5.41. The summed E-state index contributed by atoms with van der Waals surface area (Å²) >= 11 is 0. The topological polar surface area (TPSA) is 97.5 Å². The van der Waals surface area contributed by atoms with E-state index in [9.17, 15) is 4.79 Å². The van der Waals surface area contributed by atoms with Gasteiger partial charge in [-0.2, -0.15) is 0 Å². The number of carboxylic acids is 1. The Hall–Kier alpha value is -1.82. The number of rotatable bonds is 3. The molecular weight excluding hydrogens is 246 g/mol. The Kier molecular flexibility index (Phi) is 3.61. The number of nitrogens with two attached hydrogens (primary N) is 1. The normalized spacial score (nSPS) is 21.9. The number of anilines is 2. The molecule has 1 aliphatic rings. The first-order valence-electron chi connectivity index (χ1n) is 6.27. The third kappa shape index (κ3) is 3.35. The number of carboxylic acid groups (broad SMARTS) is 1. The van der Waals surface area contributed by atoms with Gasteiger partial charge in [-0.1, -0.05) is 0 Å². The zero-order valence-corrected chi connectivity index (χ0v) is 11.1. The van der Waals surface area contributed by atoms with Gasteiger partial charge >= 0.3 is 5.97 Å². The first-order valence-corrected chi connectivity index (χ1v) is 6.27. The van der Waals surface area contributed by atoms with Crippen molar-refractivity contribution in [2.24, 2.45) is 0 Å². The van der Waals surface area contributed by atoms with Crippen LogP contribution in [0.2, 0.25) is 0 Å². The highest BCUT2D eigenvalue weighted by molar-refractivity contribution is 5.89. The average molecular weight is 265 g/mol. The van der Waals surface area contributed by atoms with Gasteiger partial charge in [-0.25, -0.2) is 9.78 Å². The number of carbonyl (C=O) groups is 1. The van der Waals surface area contributed by atoms with Gasteiger partial charge in [0.1, 0.15) is 5.82 Å². The van der Waals surface area contributed by atoms with Gasteiger partial charge in [0.15, 0.2) is 0 Å². The fraction of sp³-hybridized carbons (Fsp3) is 0.538. The highest BCUT2D eigenvalue weighted by atomic mass is 16.5. The van der Waals surface area contributed by atoms with E-state index in [2.05, 4.69) is 10.3 Å². The molecule has 6 nitrogen and oxygen atoms in total. The van der Waals surface area contributed by atoms with Crippen molar-refractivity contribution in [3.05, 3.63) is 17.8 Å². The number of hydrogen-bond acceptors (Lipinski definition) is 5. The zero-order chi connectivity index (χ0) is 14.0. The third-order valence-electron chi connectivity index (χ3n) is 3.20. The highest BCUT2D eigenvalue weighted by Gasteiger charge is 2.29. The molecule has 0 aliphatic carbocycles. The minimum atomic E-state index is -1.03. The van der Waals surface area contributed by atoms with Crippen molar-refractivity contribution in [3.8, 4) is 0 Å². The van der Waals surface area contributed by atoms with Gasteiger partial charge in [-0.15, -0.1) is 0 Å². The van der Waals surface area contributed by atoms with Crippen LogP contribution >= 0.6 is 0 Å². The van der Waals surface area contributed by atoms with Crippen LogP contribution in [-0.2, 0) is 4.74 Å². The summed E-state index contributed by atoms with van der Waals surface area (Å²) in [6.07, 6.45) is 3.05. The summed E-state index contributed by atoms with van der Waals surface area (Å²) in [5, 5.41) is 12.1. The van der Waals surface area contributed by atoms with Crippen LogP contribution in [0, 0.1) is 0 Å².